The van der Waals surface area contributed by atoms with Gasteiger partial charge in [0.2, 0.25) is 0 Å². The van der Waals surface area contributed by atoms with Gasteiger partial charge in [0.1, 0.15) is 12.0 Å². The molecule has 1 saturated heterocycles. The average molecular weight is 298 g/mol. The zero-order valence-corrected chi connectivity index (χ0v) is 12.5. The maximum atomic E-state index is 12.6. The Kier molecular flexibility index (Phi) is 2.96. The van der Waals surface area contributed by atoms with Crippen LogP contribution in [-0.2, 0) is 6.54 Å². The molecule has 4 rings (SSSR count). The third kappa shape index (κ3) is 2.08. The third-order valence-electron chi connectivity index (χ3n) is 4.74. The Bertz CT molecular complexity index is 789. The molecule has 2 atom stereocenters. The van der Waals surface area contributed by atoms with E-state index in [9.17, 15) is 9.59 Å². The molecule has 1 fully saturated rings. The van der Waals surface area contributed by atoms with Gasteiger partial charge < -0.3 is 13.9 Å². The van der Waals surface area contributed by atoms with Gasteiger partial charge >= 0.3 is 0 Å². The number of carbonyl (C=O) groups excluding carboxylic acids is 1. The van der Waals surface area contributed by atoms with Gasteiger partial charge in [-0.15, -0.1) is 0 Å². The molecule has 5 heteroatoms. The van der Waals surface area contributed by atoms with E-state index in [4.69, 9.17) is 4.42 Å². The van der Waals surface area contributed by atoms with Crippen molar-refractivity contribution in [3.63, 3.8) is 0 Å². The number of nitrogens with zero attached hydrogens (tertiary/aromatic N) is 2. The first-order chi connectivity index (χ1) is 10.6. The highest BCUT2D eigenvalue weighted by molar-refractivity contribution is 5.94. The number of aryl methyl sites for hydroxylation is 1. The molecule has 0 radical (unpaired) electrons. The summed E-state index contributed by atoms with van der Waals surface area (Å²) in [6.45, 7) is 3.92. The lowest BCUT2D eigenvalue weighted by Crippen LogP contribution is -2.49. The number of pyridine rings is 1. The number of hydrogen-bond donors (Lipinski definition) is 0. The van der Waals surface area contributed by atoms with Crippen LogP contribution in [0.25, 0.3) is 0 Å². The zero-order chi connectivity index (χ0) is 15.3. The first-order valence-electron chi connectivity index (χ1n) is 7.66. The number of fused-ring (bicyclic) bond motifs is 4. The molecule has 2 bridgehead atoms. The largest absolute Gasteiger partial charge is 0.469 e. The zero-order valence-electron chi connectivity index (χ0n) is 12.5. The second kappa shape index (κ2) is 4.87. The normalized spacial score (nSPS) is 23.2. The fourth-order valence-electron chi connectivity index (χ4n) is 3.80. The van der Waals surface area contributed by atoms with E-state index < -0.39 is 0 Å². The van der Waals surface area contributed by atoms with Gasteiger partial charge in [-0.1, -0.05) is 6.07 Å². The summed E-state index contributed by atoms with van der Waals surface area (Å²) in [6, 6.07) is 7.22. The molecule has 0 N–H and O–H groups in total. The minimum Gasteiger partial charge on any atom is -0.469 e. The molecule has 114 valence electrons. The summed E-state index contributed by atoms with van der Waals surface area (Å²) >= 11 is 0. The van der Waals surface area contributed by atoms with E-state index in [0.29, 0.717) is 31.1 Å². The standard InChI is InChI=1S/C17H18N2O3/c1-11-5-14(10-22-11)17(21)18-7-12-6-13(9-18)15-3-2-4-16(20)19(15)8-12/h2-5,10,12-13H,6-9H2,1H3/t12-,13+/m1/s1. The highest BCUT2D eigenvalue weighted by Crippen LogP contribution is 2.35. The molecule has 22 heavy (non-hydrogen) atoms. The van der Waals surface area contributed by atoms with Gasteiger partial charge in [-0.25, -0.2) is 0 Å². The number of piperidine rings is 1. The predicted molar refractivity (Wildman–Crippen MR) is 80.9 cm³/mol. The summed E-state index contributed by atoms with van der Waals surface area (Å²) in [5.41, 5.74) is 1.74. The summed E-state index contributed by atoms with van der Waals surface area (Å²) in [7, 11) is 0. The summed E-state index contributed by atoms with van der Waals surface area (Å²) in [6.07, 6.45) is 2.58. The van der Waals surface area contributed by atoms with E-state index in [0.717, 1.165) is 17.9 Å². The lowest BCUT2D eigenvalue weighted by atomic mass is 9.83. The molecular weight excluding hydrogens is 280 g/mol. The second-order valence-corrected chi connectivity index (χ2v) is 6.35. The first-order valence-corrected chi connectivity index (χ1v) is 7.66. The number of furan rings is 1. The minimum absolute atomic E-state index is 0.0262. The number of carbonyl (C=O) groups is 1. The highest BCUT2D eigenvalue weighted by Gasteiger charge is 2.36. The van der Waals surface area contributed by atoms with Crippen molar-refractivity contribution in [3.8, 4) is 0 Å². The quantitative estimate of drug-likeness (QED) is 0.809. The maximum absolute atomic E-state index is 12.6. The molecular formula is C17H18N2O3. The van der Waals surface area contributed by atoms with Crippen LogP contribution < -0.4 is 5.56 Å². The Morgan fingerprint density at radius 2 is 2.14 bits per heavy atom. The van der Waals surface area contributed by atoms with Gasteiger partial charge in [0.05, 0.1) is 5.56 Å². The molecule has 0 aliphatic carbocycles. The van der Waals surface area contributed by atoms with Gasteiger partial charge in [-0.05, 0) is 31.4 Å². The molecule has 4 heterocycles. The lowest BCUT2D eigenvalue weighted by molar-refractivity contribution is 0.0594. The van der Waals surface area contributed by atoms with Crippen molar-refractivity contribution in [2.45, 2.75) is 25.8 Å². The van der Waals surface area contributed by atoms with Crippen molar-refractivity contribution in [2.75, 3.05) is 13.1 Å². The van der Waals surface area contributed by atoms with Crippen molar-refractivity contribution >= 4 is 5.91 Å². The second-order valence-electron chi connectivity index (χ2n) is 6.35. The van der Waals surface area contributed by atoms with E-state index in [1.54, 1.807) is 12.1 Å². The average Bonchev–Trinajstić information content (AvgIpc) is 2.94. The molecule has 0 spiro atoms. The summed E-state index contributed by atoms with van der Waals surface area (Å²) in [5.74, 6) is 1.37. The van der Waals surface area contributed by atoms with Crippen LogP contribution in [0.2, 0.25) is 0 Å². The molecule has 2 aliphatic rings. The van der Waals surface area contributed by atoms with Crippen molar-refractivity contribution in [1.29, 1.82) is 0 Å². The Labute approximate surface area is 128 Å². The smallest absolute Gasteiger partial charge is 0.257 e. The van der Waals surface area contributed by atoms with E-state index in [1.165, 1.54) is 6.26 Å². The van der Waals surface area contributed by atoms with E-state index in [1.807, 2.05) is 28.5 Å². The van der Waals surface area contributed by atoms with E-state index in [-0.39, 0.29) is 17.4 Å². The summed E-state index contributed by atoms with van der Waals surface area (Å²) in [5, 5.41) is 0. The fourth-order valence-corrected chi connectivity index (χ4v) is 3.80. The van der Waals surface area contributed by atoms with Crippen molar-refractivity contribution < 1.29 is 9.21 Å². The number of aromatic nitrogens is 1. The SMILES string of the molecule is Cc1cc(C(=O)N2C[C@H]3C[C@@H](C2)c2cccc(=O)n2C3)co1. The van der Waals surface area contributed by atoms with Crippen LogP contribution in [0.3, 0.4) is 0 Å². The molecule has 5 nitrogen and oxygen atoms in total. The summed E-state index contributed by atoms with van der Waals surface area (Å²) < 4.78 is 7.13. The Balaban J connectivity index is 1.64. The minimum atomic E-state index is 0.0262. The number of likely N-dealkylation sites (tertiary alicyclic amines) is 1. The lowest BCUT2D eigenvalue weighted by Gasteiger charge is -2.42. The van der Waals surface area contributed by atoms with Gasteiger partial charge in [0, 0.05) is 37.3 Å². The molecule has 2 aromatic heterocycles. The highest BCUT2D eigenvalue weighted by atomic mass is 16.3. The number of hydrogen-bond acceptors (Lipinski definition) is 3. The van der Waals surface area contributed by atoms with Crippen molar-refractivity contribution in [3.05, 3.63) is 57.9 Å². The van der Waals surface area contributed by atoms with Crippen LogP contribution in [0.1, 0.15) is 34.2 Å². The Morgan fingerprint density at radius 3 is 2.91 bits per heavy atom. The van der Waals surface area contributed by atoms with Crippen LogP contribution in [0, 0.1) is 12.8 Å². The molecule has 0 aromatic carbocycles. The van der Waals surface area contributed by atoms with Gasteiger partial charge in [0.15, 0.2) is 0 Å². The van der Waals surface area contributed by atoms with E-state index in [2.05, 4.69) is 0 Å². The van der Waals surface area contributed by atoms with Gasteiger partial charge in [-0.3, -0.25) is 9.59 Å². The number of rotatable bonds is 1. The Morgan fingerprint density at radius 1 is 1.27 bits per heavy atom. The van der Waals surface area contributed by atoms with Crippen LogP contribution in [0.4, 0.5) is 0 Å². The van der Waals surface area contributed by atoms with Crippen LogP contribution >= 0.6 is 0 Å². The molecule has 0 unspecified atom stereocenters. The van der Waals surface area contributed by atoms with Crippen molar-refractivity contribution in [1.82, 2.24) is 9.47 Å². The van der Waals surface area contributed by atoms with Gasteiger partial charge in [-0.2, -0.15) is 0 Å². The number of amides is 1. The molecule has 1 amide bonds. The van der Waals surface area contributed by atoms with Crippen LogP contribution in [-0.4, -0.2) is 28.5 Å². The maximum Gasteiger partial charge on any atom is 0.257 e. The third-order valence-corrected chi connectivity index (χ3v) is 4.74. The predicted octanol–water partition coefficient (Wildman–Crippen LogP) is 2.01. The fraction of sp³-hybridized carbons (Fsp3) is 0.412. The molecule has 0 saturated carbocycles. The summed E-state index contributed by atoms with van der Waals surface area (Å²) in [4.78, 5) is 26.5. The van der Waals surface area contributed by atoms with Crippen molar-refractivity contribution in [2.24, 2.45) is 5.92 Å². The topological polar surface area (TPSA) is 55.5 Å². The first kappa shape index (κ1) is 13.4. The van der Waals surface area contributed by atoms with E-state index >= 15 is 0 Å². The Hall–Kier alpha value is -2.30. The molecule has 2 aliphatic heterocycles. The van der Waals surface area contributed by atoms with Crippen LogP contribution in [0.5, 0.6) is 0 Å². The molecule has 2 aromatic rings. The van der Waals surface area contributed by atoms with Crippen LogP contribution in [0.15, 0.2) is 39.7 Å². The monoisotopic (exact) mass is 298 g/mol. The van der Waals surface area contributed by atoms with Gasteiger partial charge in [0.25, 0.3) is 11.5 Å².